The zero-order chi connectivity index (χ0) is 10.6. The van der Waals surface area contributed by atoms with E-state index in [2.05, 4.69) is 27.4 Å². The first-order valence-electron chi connectivity index (χ1n) is 4.81. The lowest BCUT2D eigenvalue weighted by molar-refractivity contribution is 0.689. The van der Waals surface area contributed by atoms with Crippen LogP contribution in [0.25, 0.3) is 0 Å². The van der Waals surface area contributed by atoms with Gasteiger partial charge in [0.2, 0.25) is 5.95 Å². The smallest absolute Gasteiger partial charge is 0.243 e. The van der Waals surface area contributed by atoms with Crippen molar-refractivity contribution in [2.45, 2.75) is 33.2 Å². The fourth-order valence-electron chi connectivity index (χ4n) is 1.03. The maximum absolute atomic E-state index is 5.56. The van der Waals surface area contributed by atoms with Crippen LogP contribution in [0.2, 0.25) is 0 Å². The van der Waals surface area contributed by atoms with Gasteiger partial charge < -0.3 is 11.1 Å². The molecule has 0 aliphatic heterocycles. The Balaban J connectivity index is 2.72. The number of aryl methyl sites for hydroxylation is 2. The Kier molecular flexibility index (Phi) is 3.76. The zero-order valence-corrected chi connectivity index (χ0v) is 8.91. The summed E-state index contributed by atoms with van der Waals surface area (Å²) in [7, 11) is 0. The average molecular weight is 195 g/mol. The summed E-state index contributed by atoms with van der Waals surface area (Å²) in [5.41, 5.74) is 7.32. The first kappa shape index (κ1) is 10.8. The SMILES string of the molecule is CCC(CN)Nc1nnc(C)c(C)n1. The van der Waals surface area contributed by atoms with Crippen LogP contribution in [-0.2, 0) is 0 Å². The molecule has 0 amide bonds. The van der Waals surface area contributed by atoms with Gasteiger partial charge in [-0.2, -0.15) is 5.10 Å². The van der Waals surface area contributed by atoms with Crippen molar-refractivity contribution < 1.29 is 0 Å². The van der Waals surface area contributed by atoms with Gasteiger partial charge in [-0.3, -0.25) is 0 Å². The number of rotatable bonds is 4. The van der Waals surface area contributed by atoms with E-state index in [0.717, 1.165) is 17.8 Å². The van der Waals surface area contributed by atoms with Crippen LogP contribution in [-0.4, -0.2) is 27.8 Å². The topological polar surface area (TPSA) is 76.7 Å². The first-order valence-corrected chi connectivity index (χ1v) is 4.81. The van der Waals surface area contributed by atoms with Crippen molar-refractivity contribution in [3.8, 4) is 0 Å². The van der Waals surface area contributed by atoms with Crippen LogP contribution in [0.5, 0.6) is 0 Å². The highest BCUT2D eigenvalue weighted by Gasteiger charge is 2.06. The van der Waals surface area contributed by atoms with Gasteiger partial charge in [-0.1, -0.05) is 6.92 Å². The summed E-state index contributed by atoms with van der Waals surface area (Å²) in [6.45, 7) is 6.45. The highest BCUT2D eigenvalue weighted by molar-refractivity contribution is 5.26. The molecule has 0 aromatic carbocycles. The highest BCUT2D eigenvalue weighted by Crippen LogP contribution is 2.04. The largest absolute Gasteiger partial charge is 0.349 e. The Morgan fingerprint density at radius 3 is 2.50 bits per heavy atom. The summed E-state index contributed by atoms with van der Waals surface area (Å²) < 4.78 is 0. The molecule has 5 nitrogen and oxygen atoms in total. The molecule has 0 aliphatic rings. The summed E-state index contributed by atoms with van der Waals surface area (Å²) in [5.74, 6) is 0.561. The van der Waals surface area contributed by atoms with E-state index in [0.29, 0.717) is 12.5 Å². The Bertz CT molecular complexity index is 295. The van der Waals surface area contributed by atoms with Gasteiger partial charge in [0.25, 0.3) is 0 Å². The van der Waals surface area contributed by atoms with Crippen molar-refractivity contribution in [2.24, 2.45) is 5.73 Å². The van der Waals surface area contributed by atoms with E-state index in [1.807, 2.05) is 13.8 Å². The molecular formula is C9H17N5. The molecule has 1 aromatic rings. The van der Waals surface area contributed by atoms with Crippen LogP contribution in [0, 0.1) is 13.8 Å². The second kappa shape index (κ2) is 4.85. The third-order valence-electron chi connectivity index (χ3n) is 2.20. The monoisotopic (exact) mass is 195 g/mol. The van der Waals surface area contributed by atoms with E-state index in [-0.39, 0.29) is 6.04 Å². The average Bonchev–Trinajstić information content (AvgIpc) is 2.19. The van der Waals surface area contributed by atoms with Crippen LogP contribution in [0.4, 0.5) is 5.95 Å². The number of nitrogens with one attached hydrogen (secondary N) is 1. The number of hydrogen-bond acceptors (Lipinski definition) is 5. The Labute approximate surface area is 84.1 Å². The molecule has 0 spiro atoms. The molecule has 0 saturated heterocycles. The van der Waals surface area contributed by atoms with Crippen molar-refractivity contribution >= 4 is 5.95 Å². The van der Waals surface area contributed by atoms with Gasteiger partial charge in [-0.15, -0.1) is 5.10 Å². The van der Waals surface area contributed by atoms with E-state index in [9.17, 15) is 0 Å². The van der Waals surface area contributed by atoms with E-state index in [1.165, 1.54) is 0 Å². The molecule has 0 fully saturated rings. The molecule has 0 saturated carbocycles. The molecule has 0 aliphatic carbocycles. The van der Waals surface area contributed by atoms with Crippen LogP contribution >= 0.6 is 0 Å². The van der Waals surface area contributed by atoms with Crippen LogP contribution < -0.4 is 11.1 Å². The fraction of sp³-hybridized carbons (Fsp3) is 0.667. The van der Waals surface area contributed by atoms with E-state index in [4.69, 9.17) is 5.73 Å². The summed E-state index contributed by atoms with van der Waals surface area (Å²) >= 11 is 0. The molecule has 3 N–H and O–H groups in total. The minimum Gasteiger partial charge on any atom is -0.349 e. The molecule has 14 heavy (non-hydrogen) atoms. The van der Waals surface area contributed by atoms with Crippen molar-refractivity contribution in [1.82, 2.24) is 15.2 Å². The minimum absolute atomic E-state index is 0.221. The van der Waals surface area contributed by atoms with Gasteiger partial charge in [0.15, 0.2) is 0 Å². The van der Waals surface area contributed by atoms with Crippen molar-refractivity contribution in [3.63, 3.8) is 0 Å². The van der Waals surface area contributed by atoms with Crippen LogP contribution in [0.1, 0.15) is 24.7 Å². The van der Waals surface area contributed by atoms with Crippen molar-refractivity contribution in [1.29, 1.82) is 0 Å². The lowest BCUT2D eigenvalue weighted by Gasteiger charge is -2.14. The Morgan fingerprint density at radius 1 is 1.29 bits per heavy atom. The highest BCUT2D eigenvalue weighted by atomic mass is 15.2. The summed E-state index contributed by atoms with van der Waals surface area (Å²) in [5, 5.41) is 11.1. The number of hydrogen-bond donors (Lipinski definition) is 2. The van der Waals surface area contributed by atoms with E-state index >= 15 is 0 Å². The standard InChI is InChI=1S/C9H17N5/c1-4-8(5-10)12-9-11-6(2)7(3)13-14-9/h8H,4-5,10H2,1-3H3,(H,11,12,14). The van der Waals surface area contributed by atoms with Crippen LogP contribution in [0.15, 0.2) is 0 Å². The lowest BCUT2D eigenvalue weighted by atomic mass is 10.2. The maximum Gasteiger partial charge on any atom is 0.243 e. The maximum atomic E-state index is 5.56. The Morgan fingerprint density at radius 2 is 2.00 bits per heavy atom. The van der Waals surface area contributed by atoms with E-state index < -0.39 is 0 Å². The van der Waals surface area contributed by atoms with Crippen molar-refractivity contribution in [3.05, 3.63) is 11.4 Å². The molecule has 1 unspecified atom stereocenters. The molecule has 0 bridgehead atoms. The van der Waals surface area contributed by atoms with E-state index in [1.54, 1.807) is 0 Å². The summed E-state index contributed by atoms with van der Waals surface area (Å²) in [4.78, 5) is 4.27. The number of nitrogens with two attached hydrogens (primary N) is 1. The third-order valence-corrected chi connectivity index (χ3v) is 2.20. The zero-order valence-electron chi connectivity index (χ0n) is 8.91. The van der Waals surface area contributed by atoms with Gasteiger partial charge in [0, 0.05) is 12.6 Å². The number of nitrogens with zero attached hydrogens (tertiary/aromatic N) is 3. The molecule has 1 atom stereocenters. The third kappa shape index (κ3) is 2.63. The molecule has 1 rings (SSSR count). The Hall–Kier alpha value is -1.23. The second-order valence-electron chi connectivity index (χ2n) is 3.29. The predicted octanol–water partition coefficient (Wildman–Crippen LogP) is 0.638. The number of aromatic nitrogens is 3. The van der Waals surface area contributed by atoms with Gasteiger partial charge >= 0.3 is 0 Å². The molecule has 78 valence electrons. The molecule has 5 heteroatoms. The van der Waals surface area contributed by atoms with Crippen LogP contribution in [0.3, 0.4) is 0 Å². The summed E-state index contributed by atoms with van der Waals surface area (Å²) in [6, 6.07) is 0.221. The van der Waals surface area contributed by atoms with Gasteiger partial charge in [-0.25, -0.2) is 4.98 Å². The van der Waals surface area contributed by atoms with Gasteiger partial charge in [0.05, 0.1) is 11.4 Å². The normalized spacial score (nSPS) is 12.6. The minimum atomic E-state index is 0.221. The number of anilines is 1. The van der Waals surface area contributed by atoms with Gasteiger partial charge in [0.1, 0.15) is 0 Å². The lowest BCUT2D eigenvalue weighted by Crippen LogP contribution is -2.29. The quantitative estimate of drug-likeness (QED) is 0.737. The van der Waals surface area contributed by atoms with Gasteiger partial charge in [-0.05, 0) is 20.3 Å². The molecular weight excluding hydrogens is 178 g/mol. The fourth-order valence-corrected chi connectivity index (χ4v) is 1.03. The molecule has 1 aromatic heterocycles. The first-order chi connectivity index (χ1) is 6.67. The second-order valence-corrected chi connectivity index (χ2v) is 3.29. The molecule has 0 radical (unpaired) electrons. The molecule has 1 heterocycles. The summed E-state index contributed by atoms with van der Waals surface area (Å²) in [6.07, 6.45) is 0.951. The van der Waals surface area contributed by atoms with Crippen molar-refractivity contribution in [2.75, 3.05) is 11.9 Å². The predicted molar refractivity (Wildman–Crippen MR) is 56.1 cm³/mol.